The predicted molar refractivity (Wildman–Crippen MR) is 86.7 cm³/mol. The molecule has 0 amide bonds. The first-order valence-corrected chi connectivity index (χ1v) is 7.30. The van der Waals surface area contributed by atoms with Crippen LogP contribution in [0.3, 0.4) is 0 Å². The molecule has 3 heteroatoms. The normalized spacial score (nSPS) is 12.0. The van der Waals surface area contributed by atoms with Gasteiger partial charge in [0.25, 0.3) is 0 Å². The number of anilines is 1. The fourth-order valence-electron chi connectivity index (χ4n) is 2.32. The van der Waals surface area contributed by atoms with Gasteiger partial charge in [-0.05, 0) is 31.5 Å². The van der Waals surface area contributed by atoms with Gasteiger partial charge in [0.05, 0.1) is 13.7 Å². The third-order valence-electron chi connectivity index (χ3n) is 3.50. The Kier molecular flexibility index (Phi) is 5.64. The van der Waals surface area contributed by atoms with Crippen molar-refractivity contribution in [3.63, 3.8) is 0 Å². The minimum Gasteiger partial charge on any atom is -0.497 e. The monoisotopic (exact) mass is 285 g/mol. The van der Waals surface area contributed by atoms with Crippen LogP contribution in [0.2, 0.25) is 0 Å². The van der Waals surface area contributed by atoms with E-state index in [1.807, 2.05) is 36.4 Å². The fourth-order valence-corrected chi connectivity index (χ4v) is 2.32. The van der Waals surface area contributed by atoms with Gasteiger partial charge in [-0.1, -0.05) is 36.4 Å². The molecule has 0 saturated heterocycles. The molecule has 0 aliphatic carbocycles. The van der Waals surface area contributed by atoms with Crippen molar-refractivity contribution in [1.82, 2.24) is 0 Å². The van der Waals surface area contributed by atoms with E-state index in [1.54, 1.807) is 7.11 Å². The van der Waals surface area contributed by atoms with Gasteiger partial charge in [-0.2, -0.15) is 0 Å². The number of benzene rings is 2. The Morgan fingerprint density at radius 1 is 1.05 bits per heavy atom. The van der Waals surface area contributed by atoms with Crippen LogP contribution < -0.4 is 9.64 Å². The Bertz CT molecular complexity index is 542. The zero-order valence-electron chi connectivity index (χ0n) is 13.0. The van der Waals surface area contributed by atoms with E-state index in [2.05, 4.69) is 36.9 Å². The second kappa shape index (κ2) is 7.70. The highest BCUT2D eigenvalue weighted by Gasteiger charge is 2.13. The summed E-state index contributed by atoms with van der Waals surface area (Å²) in [7, 11) is 1.69. The molecule has 0 bridgehead atoms. The molecule has 0 aliphatic heterocycles. The zero-order valence-corrected chi connectivity index (χ0v) is 13.0. The third-order valence-corrected chi connectivity index (χ3v) is 3.50. The molecule has 0 radical (unpaired) electrons. The number of hydrogen-bond acceptors (Lipinski definition) is 3. The van der Waals surface area contributed by atoms with Crippen molar-refractivity contribution in [3.8, 4) is 5.75 Å². The smallest absolute Gasteiger partial charge is 0.127 e. The van der Waals surface area contributed by atoms with Crippen molar-refractivity contribution in [2.75, 3.05) is 18.6 Å². The van der Waals surface area contributed by atoms with E-state index in [4.69, 9.17) is 9.47 Å². The van der Waals surface area contributed by atoms with E-state index in [-0.39, 0.29) is 6.23 Å². The van der Waals surface area contributed by atoms with Crippen LogP contribution in [0.1, 0.15) is 19.4 Å². The van der Waals surface area contributed by atoms with Gasteiger partial charge in [-0.3, -0.25) is 0 Å². The van der Waals surface area contributed by atoms with Crippen molar-refractivity contribution >= 4 is 5.69 Å². The standard InChI is InChI=1S/C18H23NO2/c1-4-19(17-11-8-12-18(13-17)20-3)15(2)21-14-16-9-6-5-7-10-16/h5-13,15H,4,14H2,1-3H3. The minimum atomic E-state index is 0.00214. The average molecular weight is 285 g/mol. The van der Waals surface area contributed by atoms with E-state index in [0.717, 1.165) is 18.0 Å². The van der Waals surface area contributed by atoms with Crippen molar-refractivity contribution < 1.29 is 9.47 Å². The molecule has 0 aliphatic rings. The molecule has 0 aromatic heterocycles. The van der Waals surface area contributed by atoms with Gasteiger partial charge in [0.15, 0.2) is 0 Å². The molecule has 0 spiro atoms. The Morgan fingerprint density at radius 3 is 2.48 bits per heavy atom. The number of methoxy groups -OCH3 is 1. The van der Waals surface area contributed by atoms with Crippen LogP contribution in [-0.4, -0.2) is 19.9 Å². The van der Waals surface area contributed by atoms with E-state index < -0.39 is 0 Å². The van der Waals surface area contributed by atoms with E-state index in [9.17, 15) is 0 Å². The summed E-state index contributed by atoms with van der Waals surface area (Å²) >= 11 is 0. The van der Waals surface area contributed by atoms with Gasteiger partial charge < -0.3 is 14.4 Å². The van der Waals surface area contributed by atoms with Crippen LogP contribution in [0, 0.1) is 0 Å². The van der Waals surface area contributed by atoms with Crippen LogP contribution in [0.15, 0.2) is 54.6 Å². The number of nitrogens with zero attached hydrogens (tertiary/aromatic N) is 1. The molecule has 0 N–H and O–H groups in total. The highest BCUT2D eigenvalue weighted by atomic mass is 16.5. The van der Waals surface area contributed by atoms with Crippen molar-refractivity contribution in [1.29, 1.82) is 0 Å². The highest BCUT2D eigenvalue weighted by Crippen LogP contribution is 2.23. The summed E-state index contributed by atoms with van der Waals surface area (Å²) in [5.74, 6) is 0.862. The van der Waals surface area contributed by atoms with E-state index in [0.29, 0.717) is 6.61 Å². The summed E-state index contributed by atoms with van der Waals surface area (Å²) in [6, 6.07) is 18.3. The van der Waals surface area contributed by atoms with Gasteiger partial charge in [-0.25, -0.2) is 0 Å². The molecule has 0 heterocycles. The molecular formula is C18H23NO2. The second-order valence-electron chi connectivity index (χ2n) is 4.88. The molecule has 112 valence electrons. The topological polar surface area (TPSA) is 21.7 Å². The Labute approximate surface area is 127 Å². The molecule has 1 atom stereocenters. The quantitative estimate of drug-likeness (QED) is 0.715. The summed E-state index contributed by atoms with van der Waals surface area (Å²) in [6.45, 7) is 5.69. The third kappa shape index (κ3) is 4.23. The molecule has 3 nitrogen and oxygen atoms in total. The van der Waals surface area contributed by atoms with E-state index in [1.165, 1.54) is 5.56 Å². The average Bonchev–Trinajstić information content (AvgIpc) is 2.55. The summed E-state index contributed by atoms with van der Waals surface area (Å²) in [6.07, 6.45) is 0.00214. The van der Waals surface area contributed by atoms with Gasteiger partial charge in [0.2, 0.25) is 0 Å². The lowest BCUT2D eigenvalue weighted by atomic mass is 10.2. The SMILES string of the molecule is CCN(c1cccc(OC)c1)C(C)OCc1ccccc1. The number of hydrogen-bond donors (Lipinski definition) is 0. The second-order valence-corrected chi connectivity index (χ2v) is 4.88. The first kappa shape index (κ1) is 15.4. The zero-order chi connectivity index (χ0) is 15.1. The maximum Gasteiger partial charge on any atom is 0.127 e. The molecule has 1 unspecified atom stereocenters. The predicted octanol–water partition coefficient (Wildman–Crippen LogP) is 4.08. The Hall–Kier alpha value is -2.00. The molecule has 0 fully saturated rings. The van der Waals surface area contributed by atoms with Crippen molar-refractivity contribution in [3.05, 3.63) is 60.2 Å². The van der Waals surface area contributed by atoms with Gasteiger partial charge in [0, 0.05) is 18.3 Å². The summed E-state index contributed by atoms with van der Waals surface area (Å²) < 4.78 is 11.3. The molecule has 2 aromatic rings. The first-order chi connectivity index (χ1) is 10.2. The molecule has 0 saturated carbocycles. The van der Waals surface area contributed by atoms with Crippen molar-refractivity contribution in [2.45, 2.75) is 26.7 Å². The molecule has 21 heavy (non-hydrogen) atoms. The largest absolute Gasteiger partial charge is 0.497 e. The molecule has 2 aromatic carbocycles. The van der Waals surface area contributed by atoms with Crippen LogP contribution >= 0.6 is 0 Å². The number of ether oxygens (including phenoxy) is 2. The van der Waals surface area contributed by atoms with E-state index >= 15 is 0 Å². The summed E-state index contributed by atoms with van der Waals surface area (Å²) in [4.78, 5) is 2.21. The van der Waals surface area contributed by atoms with Crippen LogP contribution in [0.25, 0.3) is 0 Å². The lowest BCUT2D eigenvalue weighted by molar-refractivity contribution is 0.0512. The Balaban J connectivity index is 2.02. The van der Waals surface area contributed by atoms with Crippen LogP contribution in [0.4, 0.5) is 5.69 Å². The lowest BCUT2D eigenvalue weighted by Gasteiger charge is -2.30. The van der Waals surface area contributed by atoms with Gasteiger partial charge >= 0.3 is 0 Å². The van der Waals surface area contributed by atoms with Crippen molar-refractivity contribution in [2.24, 2.45) is 0 Å². The molecule has 2 rings (SSSR count). The fraction of sp³-hybridized carbons (Fsp3) is 0.333. The highest BCUT2D eigenvalue weighted by molar-refractivity contribution is 5.51. The maximum absolute atomic E-state index is 5.99. The Morgan fingerprint density at radius 2 is 1.81 bits per heavy atom. The van der Waals surface area contributed by atoms with Gasteiger partial charge in [-0.15, -0.1) is 0 Å². The van der Waals surface area contributed by atoms with Gasteiger partial charge in [0.1, 0.15) is 12.0 Å². The van der Waals surface area contributed by atoms with Crippen LogP contribution in [0.5, 0.6) is 5.75 Å². The minimum absolute atomic E-state index is 0.00214. The molecular weight excluding hydrogens is 262 g/mol. The number of rotatable bonds is 7. The lowest BCUT2D eigenvalue weighted by Crippen LogP contribution is -2.34. The summed E-state index contributed by atoms with van der Waals surface area (Å²) in [5, 5.41) is 0. The first-order valence-electron chi connectivity index (χ1n) is 7.30. The van der Waals surface area contributed by atoms with Crippen LogP contribution in [-0.2, 0) is 11.3 Å². The maximum atomic E-state index is 5.99. The summed E-state index contributed by atoms with van der Waals surface area (Å²) in [5.41, 5.74) is 2.29.